The lowest BCUT2D eigenvalue weighted by molar-refractivity contribution is 0.0992. The van der Waals surface area contributed by atoms with Crippen LogP contribution in [0.25, 0.3) is 22.2 Å². The molecule has 7 aromatic rings. The Bertz CT molecular complexity index is 2790. The molecule has 302 valence electrons. The lowest BCUT2D eigenvalue weighted by Gasteiger charge is -2.13. The highest BCUT2D eigenvalue weighted by molar-refractivity contribution is 6.07. The van der Waals surface area contributed by atoms with Crippen LogP contribution in [0.5, 0.6) is 0 Å². The highest BCUT2D eigenvalue weighted by Crippen LogP contribution is 2.30. The SMILES string of the molecule is CCn1nc(C)cc1C(=O)Nc1nc2cc(C(N)=O)cc(NCc3ccccn3)c2n1C/C=C/Cn1c(NC(=O)c2c(N)c(C)nn2CC)nc2cc(C(N)=O)cnc21. The Kier molecular flexibility index (Phi) is 10.9. The van der Waals surface area contributed by atoms with Gasteiger partial charge in [0.1, 0.15) is 16.9 Å². The van der Waals surface area contributed by atoms with E-state index in [0.717, 1.165) is 5.69 Å². The molecule has 59 heavy (non-hydrogen) atoms. The van der Waals surface area contributed by atoms with Crippen molar-refractivity contribution in [2.24, 2.45) is 11.5 Å². The number of carbonyl (C=O) groups is 4. The Morgan fingerprint density at radius 3 is 2.15 bits per heavy atom. The first-order valence-corrected chi connectivity index (χ1v) is 18.7. The smallest absolute Gasteiger partial charge is 0.278 e. The maximum absolute atomic E-state index is 13.7. The Balaban J connectivity index is 1.27. The second-order valence-corrected chi connectivity index (χ2v) is 13.5. The standard InChI is InChI=1S/C39H42N16O4/c1-5-54-29(15-21(3)50-54)36(58)48-38-46-27-17-23(33(41)56)16-26(44-20-25-11-7-8-12-43-25)31(27)52(38)13-9-10-14-53-35-28(18-24(19-45-35)34(42)57)47-39(53)49-37(59)32-30(40)22(4)51-55(32)6-2/h7-12,15-19,44H,5-6,13-14,20,40H2,1-4H3,(H2,41,56)(H2,42,57)(H,46,48,58)(H,47,49,59)/b10-9+. The van der Waals surface area contributed by atoms with Crippen LogP contribution in [0.4, 0.5) is 23.3 Å². The summed E-state index contributed by atoms with van der Waals surface area (Å²) >= 11 is 0. The molecular weight excluding hydrogens is 757 g/mol. The summed E-state index contributed by atoms with van der Waals surface area (Å²) in [7, 11) is 0. The molecule has 1 aromatic carbocycles. The van der Waals surface area contributed by atoms with E-state index < -0.39 is 23.6 Å². The van der Waals surface area contributed by atoms with Gasteiger partial charge in [0.05, 0.1) is 51.6 Å². The van der Waals surface area contributed by atoms with Crippen LogP contribution in [0, 0.1) is 13.8 Å². The molecule has 20 nitrogen and oxygen atoms in total. The predicted molar refractivity (Wildman–Crippen MR) is 221 cm³/mol. The third-order valence-electron chi connectivity index (χ3n) is 9.50. The second-order valence-electron chi connectivity index (χ2n) is 13.5. The number of nitrogens with one attached hydrogen (secondary N) is 3. The van der Waals surface area contributed by atoms with Gasteiger partial charge >= 0.3 is 0 Å². The van der Waals surface area contributed by atoms with Crippen molar-refractivity contribution in [3.63, 3.8) is 0 Å². The number of hydrogen-bond acceptors (Lipinski definition) is 12. The number of allylic oxidation sites excluding steroid dienone is 2. The molecule has 6 heterocycles. The number of benzene rings is 1. The number of primary amides is 2. The van der Waals surface area contributed by atoms with E-state index in [2.05, 4.69) is 41.1 Å². The van der Waals surface area contributed by atoms with Crippen LogP contribution < -0.4 is 33.2 Å². The van der Waals surface area contributed by atoms with Crippen LogP contribution >= 0.6 is 0 Å². The molecule has 0 bridgehead atoms. The normalized spacial score (nSPS) is 11.5. The molecule has 0 aliphatic carbocycles. The van der Waals surface area contributed by atoms with Crippen molar-refractivity contribution in [2.45, 2.75) is 60.4 Å². The first-order valence-electron chi connectivity index (χ1n) is 18.7. The highest BCUT2D eigenvalue weighted by Gasteiger charge is 2.24. The van der Waals surface area contributed by atoms with Crippen molar-refractivity contribution in [3.8, 4) is 0 Å². The van der Waals surface area contributed by atoms with Crippen molar-refractivity contribution in [1.82, 2.24) is 48.6 Å². The van der Waals surface area contributed by atoms with E-state index >= 15 is 0 Å². The van der Waals surface area contributed by atoms with E-state index in [1.807, 2.05) is 44.2 Å². The Hall–Kier alpha value is -7.90. The zero-order chi connectivity index (χ0) is 42.0. The van der Waals surface area contributed by atoms with Gasteiger partial charge in [0.25, 0.3) is 11.8 Å². The average molecular weight is 799 g/mol. The minimum atomic E-state index is -0.684. The number of aromatic nitrogens is 10. The molecule has 0 saturated carbocycles. The van der Waals surface area contributed by atoms with Crippen molar-refractivity contribution >= 4 is 69.1 Å². The topological polar surface area (TPSA) is 279 Å². The van der Waals surface area contributed by atoms with Crippen molar-refractivity contribution in [2.75, 3.05) is 21.7 Å². The lowest BCUT2D eigenvalue weighted by Crippen LogP contribution is -2.21. The monoisotopic (exact) mass is 798 g/mol. The number of hydrogen-bond donors (Lipinski definition) is 6. The van der Waals surface area contributed by atoms with Crippen LogP contribution in [0.2, 0.25) is 0 Å². The lowest BCUT2D eigenvalue weighted by atomic mass is 10.1. The fraction of sp³-hybridized carbons (Fsp3) is 0.231. The van der Waals surface area contributed by atoms with E-state index in [1.165, 1.54) is 16.9 Å². The van der Waals surface area contributed by atoms with E-state index in [1.54, 1.807) is 52.1 Å². The number of nitrogens with two attached hydrogens (primary N) is 3. The molecule has 0 aliphatic heterocycles. The average Bonchev–Trinajstić information content (AvgIpc) is 3.96. The summed E-state index contributed by atoms with van der Waals surface area (Å²) in [6, 6.07) is 11.9. The Morgan fingerprint density at radius 1 is 0.780 bits per heavy atom. The number of nitrogen functional groups attached to an aromatic ring is 1. The molecule has 4 amide bonds. The van der Waals surface area contributed by atoms with E-state index in [0.29, 0.717) is 64.6 Å². The van der Waals surface area contributed by atoms with Gasteiger partial charge in [0.15, 0.2) is 5.65 Å². The maximum Gasteiger partial charge on any atom is 0.278 e. The van der Waals surface area contributed by atoms with Crippen molar-refractivity contribution in [1.29, 1.82) is 0 Å². The van der Waals surface area contributed by atoms with Crippen molar-refractivity contribution in [3.05, 3.63) is 107 Å². The van der Waals surface area contributed by atoms with Gasteiger partial charge in [-0.25, -0.2) is 15.0 Å². The molecule has 0 aliphatic rings. The van der Waals surface area contributed by atoms with Crippen LogP contribution in [0.3, 0.4) is 0 Å². The molecule has 0 atom stereocenters. The van der Waals surface area contributed by atoms with E-state index in [9.17, 15) is 19.2 Å². The molecule has 7 rings (SSSR count). The molecule has 20 heteroatoms. The van der Waals surface area contributed by atoms with Crippen LogP contribution in [-0.2, 0) is 32.7 Å². The molecule has 9 N–H and O–H groups in total. The maximum atomic E-state index is 13.7. The number of amides is 4. The summed E-state index contributed by atoms with van der Waals surface area (Å²) < 4.78 is 6.55. The summed E-state index contributed by atoms with van der Waals surface area (Å²) in [4.78, 5) is 70.1. The summed E-state index contributed by atoms with van der Waals surface area (Å²) in [6.07, 6.45) is 6.68. The zero-order valence-corrected chi connectivity index (χ0v) is 32.7. The fourth-order valence-electron chi connectivity index (χ4n) is 6.64. The third-order valence-corrected chi connectivity index (χ3v) is 9.50. The van der Waals surface area contributed by atoms with Crippen LogP contribution in [0.15, 0.2) is 67.0 Å². The number of carbonyl (C=O) groups excluding carboxylic acids is 4. The molecular formula is C39H42N16O4. The molecule has 0 saturated heterocycles. The summed E-state index contributed by atoms with van der Waals surface area (Å²) in [5.41, 5.74) is 22.8. The van der Waals surface area contributed by atoms with Gasteiger partial charge in [-0.1, -0.05) is 18.2 Å². The summed E-state index contributed by atoms with van der Waals surface area (Å²) in [5, 5.41) is 17.9. The van der Waals surface area contributed by atoms with Crippen LogP contribution in [-0.4, -0.2) is 72.3 Å². The number of aryl methyl sites for hydroxylation is 4. The number of pyridine rings is 2. The van der Waals surface area contributed by atoms with E-state index in [4.69, 9.17) is 22.2 Å². The minimum absolute atomic E-state index is 0.133. The fourth-order valence-corrected chi connectivity index (χ4v) is 6.64. The summed E-state index contributed by atoms with van der Waals surface area (Å²) in [6.45, 7) is 8.75. The first kappa shape index (κ1) is 39.3. The first-order chi connectivity index (χ1) is 28.4. The van der Waals surface area contributed by atoms with Gasteiger partial charge in [0, 0.05) is 44.1 Å². The molecule has 0 spiro atoms. The molecule has 6 aromatic heterocycles. The van der Waals surface area contributed by atoms with E-state index in [-0.39, 0.29) is 47.5 Å². The van der Waals surface area contributed by atoms with Crippen molar-refractivity contribution < 1.29 is 19.2 Å². The predicted octanol–water partition coefficient (Wildman–Crippen LogP) is 3.38. The van der Waals surface area contributed by atoms with Gasteiger partial charge in [-0.15, -0.1) is 0 Å². The third kappa shape index (κ3) is 7.90. The Labute approximate surface area is 336 Å². The number of imidazole rings is 2. The van der Waals surface area contributed by atoms with Gasteiger partial charge in [-0.2, -0.15) is 10.2 Å². The Morgan fingerprint density at radius 2 is 1.46 bits per heavy atom. The number of rotatable bonds is 15. The number of nitrogens with zero attached hydrogens (tertiary/aromatic N) is 10. The van der Waals surface area contributed by atoms with Gasteiger partial charge in [0.2, 0.25) is 23.7 Å². The highest BCUT2D eigenvalue weighted by atomic mass is 16.2. The summed E-state index contributed by atoms with van der Waals surface area (Å²) in [5.74, 6) is -1.98. The quantitative estimate of drug-likeness (QED) is 0.0815. The largest absolute Gasteiger partial charge is 0.395 e. The van der Waals surface area contributed by atoms with Crippen LogP contribution in [0.1, 0.15) is 72.6 Å². The zero-order valence-electron chi connectivity index (χ0n) is 32.7. The minimum Gasteiger partial charge on any atom is -0.395 e. The van der Waals surface area contributed by atoms with Gasteiger partial charge in [-0.3, -0.25) is 48.7 Å². The molecule has 0 unspecified atom stereocenters. The second kappa shape index (κ2) is 16.3. The number of anilines is 4. The number of fused-ring (bicyclic) bond motifs is 2. The van der Waals surface area contributed by atoms with Gasteiger partial charge < -0.3 is 27.1 Å². The van der Waals surface area contributed by atoms with Gasteiger partial charge in [-0.05, 0) is 64.1 Å². The molecule has 0 fully saturated rings. The molecule has 0 radical (unpaired) electrons.